The number of hydrogen-bond donors (Lipinski definition) is 2. The summed E-state index contributed by atoms with van der Waals surface area (Å²) in [4.78, 5) is 25.2. The summed E-state index contributed by atoms with van der Waals surface area (Å²) in [5, 5.41) is 5.72. The number of ether oxygens (including phenoxy) is 1. The highest BCUT2D eigenvalue weighted by atomic mass is 16.5. The molecule has 0 unspecified atom stereocenters. The average Bonchev–Trinajstić information content (AvgIpc) is 2.73. The Balaban J connectivity index is 1.62. The Morgan fingerprint density at radius 2 is 1.47 bits per heavy atom. The van der Waals surface area contributed by atoms with Crippen molar-refractivity contribution in [2.24, 2.45) is 0 Å². The molecule has 1 atom stereocenters. The molecule has 0 heterocycles. The van der Waals surface area contributed by atoms with Gasteiger partial charge in [0.05, 0.1) is 0 Å². The highest BCUT2D eigenvalue weighted by Gasteiger charge is 2.16. The van der Waals surface area contributed by atoms with Crippen molar-refractivity contribution in [2.75, 3.05) is 10.6 Å². The lowest BCUT2D eigenvalue weighted by Gasteiger charge is -2.19. The van der Waals surface area contributed by atoms with Crippen molar-refractivity contribution in [1.82, 2.24) is 0 Å². The summed E-state index contributed by atoms with van der Waals surface area (Å²) in [5.74, 6) is 0.170. The van der Waals surface area contributed by atoms with Crippen molar-refractivity contribution in [3.8, 4) is 5.75 Å². The Hall–Kier alpha value is -3.60. The second-order valence-corrected chi connectivity index (χ2v) is 8.93. The van der Waals surface area contributed by atoms with Crippen LogP contribution >= 0.6 is 0 Å². The van der Waals surface area contributed by atoms with Gasteiger partial charge in [-0.15, -0.1) is 0 Å². The fourth-order valence-corrected chi connectivity index (χ4v) is 3.19. The zero-order valence-electron chi connectivity index (χ0n) is 19.2. The summed E-state index contributed by atoms with van der Waals surface area (Å²) < 4.78 is 5.73. The van der Waals surface area contributed by atoms with Gasteiger partial charge in [-0.25, -0.2) is 0 Å². The van der Waals surface area contributed by atoms with Crippen LogP contribution in [-0.2, 0) is 10.2 Å². The number of aryl methyl sites for hydroxylation is 1. The lowest BCUT2D eigenvalue weighted by atomic mass is 9.87. The molecule has 3 aromatic rings. The largest absolute Gasteiger partial charge is 0.481 e. The van der Waals surface area contributed by atoms with Gasteiger partial charge >= 0.3 is 0 Å². The summed E-state index contributed by atoms with van der Waals surface area (Å²) in [6, 6.07) is 22.2. The third-order valence-electron chi connectivity index (χ3n) is 5.07. The van der Waals surface area contributed by atoms with E-state index in [2.05, 4.69) is 31.4 Å². The minimum Gasteiger partial charge on any atom is -0.481 e. The SMILES string of the molecule is Cc1cccc(O[C@H](C)C(=O)Nc2cccc(NC(=O)c3ccc(C(C)(C)C)cc3)c2)c1. The van der Waals surface area contributed by atoms with E-state index in [1.807, 2.05) is 55.5 Å². The Morgan fingerprint density at radius 3 is 2.09 bits per heavy atom. The van der Waals surface area contributed by atoms with E-state index < -0.39 is 6.10 Å². The highest BCUT2D eigenvalue weighted by molar-refractivity contribution is 6.04. The fraction of sp³-hybridized carbons (Fsp3) is 0.259. The second kappa shape index (κ2) is 9.69. The van der Waals surface area contributed by atoms with E-state index in [1.54, 1.807) is 31.2 Å². The molecule has 166 valence electrons. The molecule has 0 aliphatic rings. The van der Waals surface area contributed by atoms with Gasteiger partial charge in [-0.3, -0.25) is 9.59 Å². The van der Waals surface area contributed by atoms with Crippen molar-refractivity contribution < 1.29 is 14.3 Å². The van der Waals surface area contributed by atoms with Crippen LogP contribution in [0.15, 0.2) is 72.8 Å². The number of carbonyl (C=O) groups excluding carboxylic acids is 2. The van der Waals surface area contributed by atoms with Crippen LogP contribution in [0.4, 0.5) is 11.4 Å². The minimum atomic E-state index is -0.670. The van der Waals surface area contributed by atoms with E-state index in [1.165, 1.54) is 5.56 Å². The summed E-state index contributed by atoms with van der Waals surface area (Å²) in [7, 11) is 0. The number of carbonyl (C=O) groups is 2. The van der Waals surface area contributed by atoms with Crippen LogP contribution in [0.2, 0.25) is 0 Å². The molecule has 2 amide bonds. The van der Waals surface area contributed by atoms with E-state index in [4.69, 9.17) is 4.74 Å². The maximum Gasteiger partial charge on any atom is 0.265 e. The maximum absolute atomic E-state index is 12.6. The number of benzene rings is 3. The standard InChI is InChI=1S/C27H30N2O3/c1-18-8-6-11-24(16-18)32-19(2)25(30)28-22-9-7-10-23(17-22)29-26(31)20-12-14-21(15-13-20)27(3,4)5/h6-17,19H,1-5H3,(H,28,30)(H,29,31)/t19-/m1/s1. The van der Waals surface area contributed by atoms with E-state index in [0.29, 0.717) is 22.7 Å². The number of anilines is 2. The van der Waals surface area contributed by atoms with Crippen LogP contribution in [0.3, 0.4) is 0 Å². The first-order chi connectivity index (χ1) is 15.1. The van der Waals surface area contributed by atoms with Gasteiger partial charge in [-0.05, 0) is 72.9 Å². The third kappa shape index (κ3) is 6.20. The molecule has 0 aliphatic heterocycles. The van der Waals surface area contributed by atoms with Crippen LogP contribution in [-0.4, -0.2) is 17.9 Å². The Kier molecular flexibility index (Phi) is 6.98. The quantitative estimate of drug-likeness (QED) is 0.508. The molecule has 0 radical (unpaired) electrons. The molecule has 5 heteroatoms. The van der Waals surface area contributed by atoms with Gasteiger partial charge in [0.25, 0.3) is 11.8 Å². The van der Waals surface area contributed by atoms with E-state index in [-0.39, 0.29) is 17.2 Å². The van der Waals surface area contributed by atoms with Gasteiger partial charge in [0, 0.05) is 16.9 Å². The third-order valence-corrected chi connectivity index (χ3v) is 5.07. The summed E-state index contributed by atoms with van der Waals surface area (Å²) in [6.45, 7) is 10.1. The van der Waals surface area contributed by atoms with Crippen molar-refractivity contribution in [2.45, 2.75) is 46.1 Å². The number of hydrogen-bond acceptors (Lipinski definition) is 3. The van der Waals surface area contributed by atoms with Crippen LogP contribution in [0, 0.1) is 6.92 Å². The Bertz CT molecular complexity index is 1100. The van der Waals surface area contributed by atoms with Gasteiger partial charge in [0.15, 0.2) is 6.10 Å². The first kappa shape index (κ1) is 23.1. The van der Waals surface area contributed by atoms with E-state index in [9.17, 15) is 9.59 Å². The van der Waals surface area contributed by atoms with E-state index >= 15 is 0 Å². The van der Waals surface area contributed by atoms with Crippen molar-refractivity contribution in [3.63, 3.8) is 0 Å². The molecule has 0 aromatic heterocycles. The smallest absolute Gasteiger partial charge is 0.265 e. The molecule has 0 fully saturated rings. The van der Waals surface area contributed by atoms with Gasteiger partial charge in [0.1, 0.15) is 5.75 Å². The number of nitrogens with one attached hydrogen (secondary N) is 2. The molecule has 0 saturated heterocycles. The van der Waals surface area contributed by atoms with E-state index in [0.717, 1.165) is 5.56 Å². The predicted octanol–water partition coefficient (Wildman–Crippen LogP) is 5.95. The number of amides is 2. The van der Waals surface area contributed by atoms with Crippen LogP contribution in [0.25, 0.3) is 0 Å². The molecule has 5 nitrogen and oxygen atoms in total. The van der Waals surface area contributed by atoms with Crippen LogP contribution in [0.5, 0.6) is 5.75 Å². The molecular weight excluding hydrogens is 400 g/mol. The second-order valence-electron chi connectivity index (χ2n) is 8.93. The molecule has 2 N–H and O–H groups in total. The zero-order chi connectivity index (χ0) is 23.3. The van der Waals surface area contributed by atoms with Gasteiger partial charge in [-0.2, -0.15) is 0 Å². The molecule has 32 heavy (non-hydrogen) atoms. The maximum atomic E-state index is 12.6. The molecule has 0 bridgehead atoms. The van der Waals surface area contributed by atoms with Crippen molar-refractivity contribution in [1.29, 1.82) is 0 Å². The summed E-state index contributed by atoms with van der Waals surface area (Å²) in [6.07, 6.45) is -0.670. The zero-order valence-corrected chi connectivity index (χ0v) is 19.2. The number of rotatable bonds is 6. The lowest BCUT2D eigenvalue weighted by molar-refractivity contribution is -0.122. The molecule has 0 spiro atoms. The van der Waals surface area contributed by atoms with Gasteiger partial charge < -0.3 is 15.4 Å². The first-order valence-electron chi connectivity index (χ1n) is 10.7. The normalized spacial score (nSPS) is 12.0. The van der Waals surface area contributed by atoms with Crippen molar-refractivity contribution >= 4 is 23.2 Å². The van der Waals surface area contributed by atoms with Gasteiger partial charge in [0.2, 0.25) is 0 Å². The average molecular weight is 431 g/mol. The summed E-state index contributed by atoms with van der Waals surface area (Å²) in [5.41, 5.74) is 4.01. The van der Waals surface area contributed by atoms with Crippen LogP contribution in [0.1, 0.15) is 49.2 Å². The van der Waals surface area contributed by atoms with Gasteiger partial charge in [-0.1, -0.05) is 51.1 Å². The van der Waals surface area contributed by atoms with Crippen LogP contribution < -0.4 is 15.4 Å². The first-order valence-corrected chi connectivity index (χ1v) is 10.7. The monoisotopic (exact) mass is 430 g/mol. The lowest BCUT2D eigenvalue weighted by Crippen LogP contribution is -2.30. The van der Waals surface area contributed by atoms with Crippen molar-refractivity contribution in [3.05, 3.63) is 89.5 Å². The topological polar surface area (TPSA) is 67.4 Å². The molecule has 0 saturated carbocycles. The Labute approximate surface area is 189 Å². The molecular formula is C27H30N2O3. The minimum absolute atomic E-state index is 0.0295. The predicted molar refractivity (Wildman–Crippen MR) is 129 cm³/mol. The Morgan fingerprint density at radius 1 is 0.844 bits per heavy atom. The molecule has 3 aromatic carbocycles. The fourth-order valence-electron chi connectivity index (χ4n) is 3.19. The molecule has 0 aliphatic carbocycles. The summed E-state index contributed by atoms with van der Waals surface area (Å²) >= 11 is 0. The highest BCUT2D eigenvalue weighted by Crippen LogP contribution is 2.23. The molecule has 3 rings (SSSR count).